The summed E-state index contributed by atoms with van der Waals surface area (Å²) in [6.45, 7) is 15.5. The Morgan fingerprint density at radius 3 is 2.08 bits per heavy atom. The van der Waals surface area contributed by atoms with Crippen molar-refractivity contribution in [3.05, 3.63) is 179 Å². The van der Waals surface area contributed by atoms with Crippen LogP contribution in [0.2, 0.25) is 0 Å². The third-order valence-corrected chi connectivity index (χ3v) is 12.7. The molecule has 0 aliphatic carbocycles. The van der Waals surface area contributed by atoms with Gasteiger partial charge in [-0.15, -0.1) is 29.3 Å². The maximum atomic E-state index is 14.4. The van der Waals surface area contributed by atoms with Gasteiger partial charge in [0.25, 0.3) is 0 Å². The average molecular weight is 1020 g/mol. The minimum Gasteiger partial charge on any atom is -0.497 e. The SMILES string of the molecule is Cc1cc2c3c(C)cc(Oc4[c-]c(-c5nc6ccccc6n5-c5c(C(C)C)cc(-c6ccccc6)cc5C(C)C)ccc4)[c-]c3c3nc4cc5cc(F)ccc5cc4n3c2cc1C.[Pt+2]. The first-order valence-electron chi connectivity index (χ1n) is 21.7. The molecular formula is C57H45FN4OPt. The van der Waals surface area contributed by atoms with E-state index >= 15 is 0 Å². The number of ether oxygens (including phenoxy) is 1. The zero-order valence-electron chi connectivity index (χ0n) is 36.7. The zero-order chi connectivity index (χ0) is 43.3. The van der Waals surface area contributed by atoms with Crippen LogP contribution < -0.4 is 4.74 Å². The van der Waals surface area contributed by atoms with Crippen LogP contribution in [-0.2, 0) is 21.1 Å². The van der Waals surface area contributed by atoms with Crippen LogP contribution >= 0.6 is 0 Å². The van der Waals surface area contributed by atoms with Gasteiger partial charge in [-0.2, -0.15) is 0 Å². The normalized spacial score (nSPS) is 11.9. The number of pyridine rings is 1. The predicted octanol–water partition coefficient (Wildman–Crippen LogP) is 15.3. The maximum Gasteiger partial charge on any atom is 2.00 e. The van der Waals surface area contributed by atoms with Crippen LogP contribution in [0.4, 0.5) is 4.39 Å². The Morgan fingerprint density at radius 1 is 0.578 bits per heavy atom. The Kier molecular flexibility index (Phi) is 10.3. The monoisotopic (exact) mass is 1020 g/mol. The first-order chi connectivity index (χ1) is 30.5. The van der Waals surface area contributed by atoms with Crippen molar-refractivity contribution in [2.75, 3.05) is 0 Å². The van der Waals surface area contributed by atoms with Crippen LogP contribution in [0.25, 0.3) is 88.4 Å². The van der Waals surface area contributed by atoms with Crippen molar-refractivity contribution in [2.45, 2.75) is 60.3 Å². The van der Waals surface area contributed by atoms with E-state index in [4.69, 9.17) is 14.7 Å². The van der Waals surface area contributed by atoms with Gasteiger partial charge in [0.05, 0.1) is 33.5 Å². The van der Waals surface area contributed by atoms with E-state index in [2.05, 4.69) is 161 Å². The first kappa shape index (κ1) is 41.4. The molecule has 0 amide bonds. The fraction of sp³-hybridized carbons (Fsp3) is 0.158. The van der Waals surface area contributed by atoms with Crippen LogP contribution in [-0.4, -0.2) is 18.9 Å². The number of para-hydroxylation sites is 2. The van der Waals surface area contributed by atoms with Crippen LogP contribution in [0.3, 0.4) is 0 Å². The fourth-order valence-corrected chi connectivity index (χ4v) is 9.45. The molecule has 0 aliphatic rings. The number of nitrogens with zero attached hydrogens (tertiary/aromatic N) is 4. The number of aryl methyl sites for hydroxylation is 3. The molecule has 5 nitrogen and oxygen atoms in total. The molecule has 0 atom stereocenters. The van der Waals surface area contributed by atoms with E-state index in [0.717, 1.165) is 82.8 Å². The number of hydrogen-bond donors (Lipinski definition) is 0. The zero-order valence-corrected chi connectivity index (χ0v) is 39.0. The number of imidazole rings is 2. The molecule has 0 saturated heterocycles. The quantitative estimate of drug-likeness (QED) is 0.118. The first-order valence-corrected chi connectivity index (χ1v) is 21.7. The Morgan fingerprint density at radius 2 is 1.31 bits per heavy atom. The summed E-state index contributed by atoms with van der Waals surface area (Å²) >= 11 is 0. The van der Waals surface area contributed by atoms with Gasteiger partial charge in [0, 0.05) is 22.7 Å². The summed E-state index contributed by atoms with van der Waals surface area (Å²) in [5.41, 5.74) is 15.9. The van der Waals surface area contributed by atoms with Crippen molar-refractivity contribution in [3.63, 3.8) is 0 Å². The number of rotatable bonds is 7. The van der Waals surface area contributed by atoms with E-state index in [1.165, 1.54) is 39.4 Å². The number of fused-ring (bicyclic) bond motifs is 10. The van der Waals surface area contributed by atoms with Crippen LogP contribution in [0.15, 0.2) is 133 Å². The second-order valence-electron chi connectivity index (χ2n) is 17.6. The van der Waals surface area contributed by atoms with Crippen molar-refractivity contribution in [2.24, 2.45) is 0 Å². The Labute approximate surface area is 386 Å². The average Bonchev–Trinajstić information content (AvgIpc) is 3.85. The van der Waals surface area contributed by atoms with Gasteiger partial charge in [-0.25, -0.2) is 4.39 Å². The van der Waals surface area contributed by atoms with Gasteiger partial charge in [0.1, 0.15) is 5.82 Å². The molecule has 0 bridgehead atoms. The maximum absolute atomic E-state index is 14.4. The van der Waals surface area contributed by atoms with Crippen molar-refractivity contribution < 1.29 is 30.2 Å². The molecule has 0 radical (unpaired) electrons. The summed E-state index contributed by atoms with van der Waals surface area (Å²) in [5, 5.41) is 4.81. The van der Waals surface area contributed by atoms with E-state index in [9.17, 15) is 4.39 Å². The van der Waals surface area contributed by atoms with Crippen molar-refractivity contribution >= 4 is 60.2 Å². The van der Waals surface area contributed by atoms with Crippen LogP contribution in [0.1, 0.15) is 67.3 Å². The van der Waals surface area contributed by atoms with Gasteiger partial charge in [0.15, 0.2) is 0 Å². The van der Waals surface area contributed by atoms with Crippen molar-refractivity contribution in [1.29, 1.82) is 0 Å². The van der Waals surface area contributed by atoms with Gasteiger partial charge in [-0.05, 0) is 130 Å². The number of benzene rings is 8. The summed E-state index contributed by atoms with van der Waals surface area (Å²) in [5.74, 6) is 2.13. The summed E-state index contributed by atoms with van der Waals surface area (Å²) in [6.07, 6.45) is 0. The van der Waals surface area contributed by atoms with Crippen LogP contribution in [0.5, 0.6) is 11.5 Å². The van der Waals surface area contributed by atoms with E-state index in [1.54, 1.807) is 6.07 Å². The molecule has 0 unspecified atom stereocenters. The van der Waals surface area contributed by atoms with Crippen molar-refractivity contribution in [1.82, 2.24) is 18.9 Å². The Hall–Kier alpha value is -6.62. The number of hydrogen-bond acceptors (Lipinski definition) is 3. The topological polar surface area (TPSA) is 44.3 Å². The molecule has 0 saturated carbocycles. The summed E-state index contributed by atoms with van der Waals surface area (Å²) in [4.78, 5) is 10.5. The van der Waals surface area contributed by atoms with Crippen LogP contribution in [0, 0.1) is 38.7 Å². The number of aromatic nitrogens is 4. The Bertz CT molecular complexity index is 3630. The summed E-state index contributed by atoms with van der Waals surface area (Å²) < 4.78 is 25.7. The second kappa shape index (κ2) is 15.9. The smallest absolute Gasteiger partial charge is 0.497 e. The molecule has 11 aromatic rings. The third-order valence-electron chi connectivity index (χ3n) is 12.7. The molecule has 0 spiro atoms. The third kappa shape index (κ3) is 6.78. The van der Waals surface area contributed by atoms with E-state index in [-0.39, 0.29) is 38.7 Å². The van der Waals surface area contributed by atoms with Gasteiger partial charge < -0.3 is 13.7 Å². The summed E-state index contributed by atoms with van der Waals surface area (Å²) in [6, 6.07) is 52.6. The van der Waals surface area contributed by atoms with E-state index in [0.29, 0.717) is 11.5 Å². The van der Waals surface area contributed by atoms with E-state index in [1.807, 2.05) is 30.3 Å². The van der Waals surface area contributed by atoms with Gasteiger partial charge in [-0.3, -0.25) is 9.97 Å². The second-order valence-corrected chi connectivity index (χ2v) is 17.6. The minimum atomic E-state index is -0.269. The molecule has 0 aliphatic heterocycles. The molecule has 3 heterocycles. The van der Waals surface area contributed by atoms with Crippen molar-refractivity contribution in [3.8, 4) is 39.7 Å². The molecule has 7 heteroatoms. The fourth-order valence-electron chi connectivity index (χ4n) is 9.45. The molecule has 3 aromatic heterocycles. The standard InChI is InChI=1S/C57H45FN4O.Pt/c1-32(2)45-27-41(37-14-9-8-10-15-37)28-46(33(3)4)55(45)62-51-19-12-11-18-49(51)59-56(62)39-16-13-17-43(26-39)63-44-22-36(7)54-47-23-34(5)35(6)24-52(47)61-53-30-38-20-21-42(58)25-40(38)29-50(53)60-57(61)48(54)31-44;/h8-25,27-30,32-33H,1-7H3;/q-2;+2. The molecule has 8 aromatic carbocycles. The Balaban J connectivity index is 0.00000484. The molecule has 316 valence electrons. The predicted molar refractivity (Wildman–Crippen MR) is 257 cm³/mol. The molecular weight excluding hydrogens is 971 g/mol. The largest absolute Gasteiger partial charge is 2.00 e. The molecule has 11 rings (SSSR count). The summed E-state index contributed by atoms with van der Waals surface area (Å²) in [7, 11) is 0. The number of halogens is 1. The van der Waals surface area contributed by atoms with Gasteiger partial charge in [0.2, 0.25) is 0 Å². The van der Waals surface area contributed by atoms with Gasteiger partial charge >= 0.3 is 21.1 Å². The van der Waals surface area contributed by atoms with Gasteiger partial charge in [-0.1, -0.05) is 118 Å². The van der Waals surface area contributed by atoms with E-state index < -0.39 is 0 Å². The molecule has 0 fully saturated rings. The minimum absolute atomic E-state index is 0. The molecule has 64 heavy (non-hydrogen) atoms. The molecule has 0 N–H and O–H groups in total.